The molecule has 0 saturated heterocycles. The molecule has 0 saturated carbocycles. The van der Waals surface area contributed by atoms with Crippen molar-refractivity contribution in [2.24, 2.45) is 0 Å². The monoisotopic (exact) mass is 411 g/mol. The van der Waals surface area contributed by atoms with Crippen molar-refractivity contribution in [3.63, 3.8) is 0 Å². The van der Waals surface area contributed by atoms with Crippen molar-refractivity contribution in [1.82, 2.24) is 14.9 Å². The van der Waals surface area contributed by atoms with Gasteiger partial charge in [0.25, 0.3) is 5.56 Å². The maximum absolute atomic E-state index is 12.6. The number of nitrogens with zero attached hydrogens (tertiary/aromatic N) is 2. The summed E-state index contributed by atoms with van der Waals surface area (Å²) in [5, 5.41) is 11.2. The van der Waals surface area contributed by atoms with Gasteiger partial charge in [-0.05, 0) is 37.0 Å². The molecule has 7 heteroatoms. The SMILES string of the molecule is C=CCN(Cc1nc2sc3c(c2c(=O)[nH]1)CCC3)C[C@H](O)COc1ccccc1. The summed E-state index contributed by atoms with van der Waals surface area (Å²) in [4.78, 5) is 24.4. The first-order valence-corrected chi connectivity index (χ1v) is 10.7. The normalized spacial score (nSPS) is 14.3. The number of para-hydroxylation sites is 1. The van der Waals surface area contributed by atoms with Gasteiger partial charge in [0, 0.05) is 18.0 Å². The number of fused-ring (bicyclic) bond motifs is 3. The average molecular weight is 412 g/mol. The van der Waals surface area contributed by atoms with Crippen molar-refractivity contribution in [3.05, 3.63) is 69.6 Å². The minimum atomic E-state index is -0.670. The molecule has 6 nitrogen and oxygen atoms in total. The van der Waals surface area contributed by atoms with Gasteiger partial charge in [-0.1, -0.05) is 24.3 Å². The van der Waals surface area contributed by atoms with Gasteiger partial charge in [0.15, 0.2) is 0 Å². The Labute approximate surface area is 173 Å². The Morgan fingerprint density at radius 1 is 1.34 bits per heavy atom. The zero-order valence-electron chi connectivity index (χ0n) is 16.3. The topological polar surface area (TPSA) is 78.5 Å². The van der Waals surface area contributed by atoms with E-state index in [4.69, 9.17) is 9.72 Å². The standard InChI is InChI=1S/C22H25N3O3S/c1-2-11-25(12-15(26)14-28-16-7-4-3-5-8-16)13-19-23-21(27)20-17-9-6-10-18(17)29-22(20)24-19/h2-5,7-8,15,26H,1,6,9-14H2,(H,23,24,27)/t15-/m0/s1. The lowest BCUT2D eigenvalue weighted by atomic mass is 10.2. The number of ether oxygens (including phenoxy) is 1. The molecule has 1 aliphatic rings. The van der Waals surface area contributed by atoms with Crippen molar-refractivity contribution in [2.75, 3.05) is 19.7 Å². The van der Waals surface area contributed by atoms with Crippen LogP contribution in [0.25, 0.3) is 10.2 Å². The number of nitrogens with one attached hydrogen (secondary N) is 1. The Morgan fingerprint density at radius 2 is 2.17 bits per heavy atom. The van der Waals surface area contributed by atoms with Crippen LogP contribution in [-0.4, -0.2) is 45.8 Å². The molecule has 152 valence electrons. The van der Waals surface area contributed by atoms with Gasteiger partial charge in [-0.2, -0.15) is 0 Å². The summed E-state index contributed by atoms with van der Waals surface area (Å²) in [6.45, 7) is 5.39. The number of aliphatic hydroxyl groups excluding tert-OH is 1. The third-order valence-electron chi connectivity index (χ3n) is 5.04. The van der Waals surface area contributed by atoms with E-state index in [-0.39, 0.29) is 12.2 Å². The second kappa shape index (κ2) is 8.90. The van der Waals surface area contributed by atoms with Crippen LogP contribution in [0.5, 0.6) is 5.75 Å². The van der Waals surface area contributed by atoms with Crippen LogP contribution in [0.1, 0.15) is 22.7 Å². The number of rotatable bonds is 9. The number of hydrogen-bond acceptors (Lipinski definition) is 6. The van der Waals surface area contributed by atoms with Crippen LogP contribution in [0.4, 0.5) is 0 Å². The Hall–Kier alpha value is -2.48. The van der Waals surface area contributed by atoms with Crippen molar-refractivity contribution in [2.45, 2.75) is 31.9 Å². The number of hydrogen-bond donors (Lipinski definition) is 2. The van der Waals surface area contributed by atoms with Crippen LogP contribution in [0, 0.1) is 0 Å². The molecule has 1 aromatic carbocycles. The number of aryl methyl sites for hydroxylation is 2. The molecular weight excluding hydrogens is 386 g/mol. The van der Waals surface area contributed by atoms with Crippen LogP contribution >= 0.6 is 11.3 Å². The van der Waals surface area contributed by atoms with Crippen LogP contribution in [0.2, 0.25) is 0 Å². The third kappa shape index (κ3) is 4.58. The number of benzene rings is 1. The highest BCUT2D eigenvalue weighted by atomic mass is 32.1. The fraction of sp³-hybridized carbons (Fsp3) is 0.364. The second-order valence-electron chi connectivity index (χ2n) is 7.31. The lowest BCUT2D eigenvalue weighted by molar-refractivity contribution is 0.0689. The zero-order valence-corrected chi connectivity index (χ0v) is 17.1. The highest BCUT2D eigenvalue weighted by Gasteiger charge is 2.21. The Morgan fingerprint density at radius 3 is 2.97 bits per heavy atom. The number of aromatic amines is 1. The maximum Gasteiger partial charge on any atom is 0.259 e. The molecule has 2 aromatic heterocycles. The molecule has 29 heavy (non-hydrogen) atoms. The van der Waals surface area contributed by atoms with Gasteiger partial charge in [0.2, 0.25) is 0 Å². The van der Waals surface area contributed by atoms with Crippen LogP contribution < -0.4 is 10.3 Å². The lowest BCUT2D eigenvalue weighted by Crippen LogP contribution is -2.36. The van der Waals surface area contributed by atoms with E-state index in [9.17, 15) is 9.90 Å². The van der Waals surface area contributed by atoms with E-state index < -0.39 is 6.10 Å². The van der Waals surface area contributed by atoms with Crippen LogP contribution in [0.15, 0.2) is 47.8 Å². The zero-order chi connectivity index (χ0) is 20.2. The summed E-state index contributed by atoms with van der Waals surface area (Å²) in [5.41, 5.74) is 1.12. The molecule has 4 rings (SSSR count). The highest BCUT2D eigenvalue weighted by molar-refractivity contribution is 7.18. The van der Waals surface area contributed by atoms with E-state index in [0.29, 0.717) is 25.5 Å². The minimum Gasteiger partial charge on any atom is -0.491 e. The largest absolute Gasteiger partial charge is 0.491 e. The molecule has 0 spiro atoms. The van der Waals surface area contributed by atoms with Crippen molar-refractivity contribution in [1.29, 1.82) is 0 Å². The smallest absolute Gasteiger partial charge is 0.259 e. The fourth-order valence-electron chi connectivity index (χ4n) is 3.78. The van der Waals surface area contributed by atoms with Crippen LogP contribution in [-0.2, 0) is 19.4 Å². The summed E-state index contributed by atoms with van der Waals surface area (Å²) in [5.74, 6) is 1.34. The number of aliphatic hydroxyl groups is 1. The second-order valence-corrected chi connectivity index (χ2v) is 8.39. The molecule has 2 N–H and O–H groups in total. The first-order chi connectivity index (χ1) is 14.1. The predicted octanol–water partition coefficient (Wildman–Crippen LogP) is 2.90. The molecule has 3 aromatic rings. The van der Waals surface area contributed by atoms with E-state index >= 15 is 0 Å². The predicted molar refractivity (Wildman–Crippen MR) is 116 cm³/mol. The van der Waals surface area contributed by atoms with E-state index in [2.05, 4.69) is 11.6 Å². The van der Waals surface area contributed by atoms with E-state index in [1.54, 1.807) is 17.4 Å². The van der Waals surface area contributed by atoms with Gasteiger partial charge in [0.1, 0.15) is 29.1 Å². The molecule has 0 radical (unpaired) electrons. The quantitative estimate of drug-likeness (QED) is 0.530. The molecular formula is C22H25N3O3S. The maximum atomic E-state index is 12.6. The molecule has 2 heterocycles. The Bertz CT molecular complexity index is 1040. The molecule has 0 bridgehead atoms. The van der Waals surface area contributed by atoms with Gasteiger partial charge in [-0.3, -0.25) is 9.69 Å². The number of aromatic nitrogens is 2. The van der Waals surface area contributed by atoms with Gasteiger partial charge in [0.05, 0.1) is 11.9 Å². The highest BCUT2D eigenvalue weighted by Crippen LogP contribution is 2.34. The van der Waals surface area contributed by atoms with Crippen LogP contribution in [0.3, 0.4) is 0 Å². The molecule has 0 fully saturated rings. The molecule has 0 unspecified atom stereocenters. The third-order valence-corrected chi connectivity index (χ3v) is 6.23. The molecule has 1 atom stereocenters. The van der Waals surface area contributed by atoms with E-state index in [1.807, 2.05) is 35.2 Å². The summed E-state index contributed by atoms with van der Waals surface area (Å²) >= 11 is 1.64. The van der Waals surface area contributed by atoms with E-state index in [1.165, 1.54) is 10.4 Å². The number of H-pyrrole nitrogens is 1. The van der Waals surface area contributed by atoms with Crippen molar-refractivity contribution < 1.29 is 9.84 Å². The average Bonchev–Trinajstić information content (AvgIpc) is 3.28. The Kier molecular flexibility index (Phi) is 6.08. The lowest BCUT2D eigenvalue weighted by Gasteiger charge is -2.23. The summed E-state index contributed by atoms with van der Waals surface area (Å²) in [7, 11) is 0. The first kappa shape index (κ1) is 19.8. The van der Waals surface area contributed by atoms with Crippen molar-refractivity contribution in [3.8, 4) is 5.75 Å². The summed E-state index contributed by atoms with van der Waals surface area (Å²) < 4.78 is 5.63. The summed E-state index contributed by atoms with van der Waals surface area (Å²) in [6.07, 6.45) is 4.24. The van der Waals surface area contributed by atoms with Gasteiger partial charge in [-0.25, -0.2) is 4.98 Å². The minimum absolute atomic E-state index is 0.0593. The number of thiophene rings is 1. The first-order valence-electron chi connectivity index (χ1n) is 9.86. The van der Waals surface area contributed by atoms with Gasteiger partial charge in [-0.15, -0.1) is 17.9 Å². The molecule has 0 amide bonds. The van der Waals surface area contributed by atoms with Gasteiger partial charge < -0.3 is 14.8 Å². The van der Waals surface area contributed by atoms with Crippen molar-refractivity contribution >= 4 is 21.6 Å². The Balaban J connectivity index is 1.43. The van der Waals surface area contributed by atoms with Gasteiger partial charge >= 0.3 is 0 Å². The summed E-state index contributed by atoms with van der Waals surface area (Å²) in [6, 6.07) is 9.42. The fourth-order valence-corrected chi connectivity index (χ4v) is 5.06. The molecule has 1 aliphatic carbocycles. The van der Waals surface area contributed by atoms with E-state index in [0.717, 1.165) is 35.2 Å². The molecule has 0 aliphatic heterocycles.